The molecule has 0 bridgehead atoms. The zero-order valence-corrected chi connectivity index (χ0v) is 8.99. The fraction of sp³-hybridized carbons (Fsp3) is 0.800. The summed E-state index contributed by atoms with van der Waals surface area (Å²) in [4.78, 5) is 13.2. The van der Waals surface area contributed by atoms with Gasteiger partial charge in [-0.1, -0.05) is 0 Å². The van der Waals surface area contributed by atoms with Crippen molar-refractivity contribution in [2.75, 3.05) is 26.2 Å². The van der Waals surface area contributed by atoms with Crippen LogP contribution >= 0.6 is 0 Å². The number of nitrogens with zero attached hydrogens (tertiary/aromatic N) is 2. The lowest BCUT2D eigenvalue weighted by molar-refractivity contribution is -0.123. The number of piperidine rings is 1. The number of nitriles is 1. The van der Waals surface area contributed by atoms with E-state index in [0.717, 1.165) is 19.4 Å². The summed E-state index contributed by atoms with van der Waals surface area (Å²) in [5.74, 6) is -0.158. The highest BCUT2D eigenvalue weighted by molar-refractivity contribution is 5.78. The van der Waals surface area contributed by atoms with Gasteiger partial charge >= 0.3 is 0 Å². The Morgan fingerprint density at radius 1 is 1.73 bits per heavy atom. The van der Waals surface area contributed by atoms with Crippen molar-refractivity contribution in [1.82, 2.24) is 10.2 Å². The average Bonchev–Trinajstić information content (AvgIpc) is 2.13. The van der Waals surface area contributed by atoms with Gasteiger partial charge in [-0.05, 0) is 26.3 Å². The van der Waals surface area contributed by atoms with Gasteiger partial charge < -0.3 is 10.4 Å². The monoisotopic (exact) mass is 211 g/mol. The molecule has 1 amide bonds. The summed E-state index contributed by atoms with van der Waals surface area (Å²) in [6.07, 6.45) is 1.68. The number of likely N-dealkylation sites (tertiary alicyclic amines) is 1. The van der Waals surface area contributed by atoms with E-state index >= 15 is 0 Å². The Balaban J connectivity index is 2.32. The molecule has 1 aliphatic heterocycles. The van der Waals surface area contributed by atoms with Crippen LogP contribution in [-0.4, -0.2) is 47.7 Å². The highest BCUT2D eigenvalue weighted by atomic mass is 16.3. The van der Waals surface area contributed by atoms with Crippen LogP contribution in [0.1, 0.15) is 19.8 Å². The van der Waals surface area contributed by atoms with E-state index in [2.05, 4.69) is 5.32 Å². The molecular weight excluding hydrogens is 194 g/mol. The highest BCUT2D eigenvalue weighted by Gasteiger charge is 2.28. The second kappa shape index (κ2) is 5.10. The quantitative estimate of drug-likeness (QED) is 0.615. The third-order valence-electron chi connectivity index (χ3n) is 2.49. The number of carbonyl (C=O) groups is 1. The van der Waals surface area contributed by atoms with Crippen molar-refractivity contribution < 1.29 is 9.90 Å². The van der Waals surface area contributed by atoms with Gasteiger partial charge in [0.05, 0.1) is 18.2 Å². The van der Waals surface area contributed by atoms with E-state index in [-0.39, 0.29) is 19.0 Å². The number of nitrogens with one attached hydrogen (secondary N) is 1. The van der Waals surface area contributed by atoms with E-state index in [1.54, 1.807) is 6.92 Å². The Bertz CT molecular complexity index is 270. The molecule has 5 nitrogen and oxygen atoms in total. The van der Waals surface area contributed by atoms with E-state index in [1.165, 1.54) is 0 Å². The molecule has 0 spiro atoms. The normalized spacial score (nSPS) is 27.0. The van der Waals surface area contributed by atoms with Crippen molar-refractivity contribution in [1.29, 1.82) is 5.26 Å². The van der Waals surface area contributed by atoms with Crippen LogP contribution in [0, 0.1) is 11.3 Å². The molecule has 1 atom stereocenters. The molecule has 0 radical (unpaired) electrons. The maximum absolute atomic E-state index is 11.3. The van der Waals surface area contributed by atoms with Crippen molar-refractivity contribution in [3.05, 3.63) is 0 Å². The van der Waals surface area contributed by atoms with Gasteiger partial charge in [0.1, 0.15) is 6.54 Å². The highest BCUT2D eigenvalue weighted by Crippen LogP contribution is 2.19. The van der Waals surface area contributed by atoms with Gasteiger partial charge in [0.25, 0.3) is 0 Å². The van der Waals surface area contributed by atoms with E-state index in [1.807, 2.05) is 11.0 Å². The first-order valence-electron chi connectivity index (χ1n) is 5.12. The Hall–Kier alpha value is -1.12. The van der Waals surface area contributed by atoms with Crippen LogP contribution in [0.3, 0.4) is 0 Å². The Morgan fingerprint density at radius 3 is 3.07 bits per heavy atom. The summed E-state index contributed by atoms with van der Waals surface area (Å²) in [5, 5.41) is 20.6. The summed E-state index contributed by atoms with van der Waals surface area (Å²) in [6, 6.07) is 1.85. The maximum atomic E-state index is 11.3. The molecule has 1 aliphatic rings. The molecular formula is C10H17N3O2. The number of aliphatic hydroxyl groups is 1. The number of carbonyl (C=O) groups excluding carboxylic acids is 1. The molecule has 1 fully saturated rings. The third kappa shape index (κ3) is 4.28. The first kappa shape index (κ1) is 12.0. The molecule has 1 heterocycles. The lowest BCUT2D eigenvalue weighted by atomic mass is 9.95. The molecule has 0 aromatic rings. The first-order chi connectivity index (χ1) is 7.03. The zero-order chi connectivity index (χ0) is 11.3. The largest absolute Gasteiger partial charge is 0.389 e. The fourth-order valence-electron chi connectivity index (χ4n) is 1.86. The summed E-state index contributed by atoms with van der Waals surface area (Å²) < 4.78 is 0. The minimum absolute atomic E-state index is 0.0447. The lowest BCUT2D eigenvalue weighted by Crippen LogP contribution is -2.49. The van der Waals surface area contributed by atoms with Crippen molar-refractivity contribution in [3.8, 4) is 6.07 Å². The van der Waals surface area contributed by atoms with Crippen molar-refractivity contribution >= 4 is 5.91 Å². The van der Waals surface area contributed by atoms with Crippen LogP contribution in [0.25, 0.3) is 0 Å². The van der Waals surface area contributed by atoms with Crippen LogP contribution < -0.4 is 5.32 Å². The summed E-state index contributed by atoms with van der Waals surface area (Å²) in [5.41, 5.74) is -0.687. The average molecular weight is 211 g/mol. The summed E-state index contributed by atoms with van der Waals surface area (Å²) >= 11 is 0. The van der Waals surface area contributed by atoms with Crippen molar-refractivity contribution in [3.63, 3.8) is 0 Å². The molecule has 1 rings (SSSR count). The van der Waals surface area contributed by atoms with Crippen LogP contribution in [0.5, 0.6) is 0 Å². The second-order valence-corrected chi connectivity index (χ2v) is 4.25. The van der Waals surface area contributed by atoms with Gasteiger partial charge in [0.15, 0.2) is 0 Å². The van der Waals surface area contributed by atoms with Crippen molar-refractivity contribution in [2.24, 2.45) is 0 Å². The van der Waals surface area contributed by atoms with Crippen LogP contribution in [-0.2, 0) is 4.79 Å². The lowest BCUT2D eigenvalue weighted by Gasteiger charge is -2.36. The maximum Gasteiger partial charge on any atom is 0.235 e. The minimum Gasteiger partial charge on any atom is -0.389 e. The number of amides is 1. The van der Waals surface area contributed by atoms with Gasteiger partial charge in [0, 0.05) is 6.54 Å². The third-order valence-corrected chi connectivity index (χ3v) is 2.49. The molecule has 84 valence electrons. The fourth-order valence-corrected chi connectivity index (χ4v) is 1.86. The SMILES string of the molecule is CC1(O)CCCN(CC(=O)NCC#N)C1. The second-order valence-electron chi connectivity index (χ2n) is 4.25. The Kier molecular flexibility index (Phi) is 4.06. The smallest absolute Gasteiger partial charge is 0.235 e. The number of rotatable bonds is 3. The molecule has 0 aliphatic carbocycles. The standard InChI is InChI=1S/C10H17N3O2/c1-10(15)3-2-6-13(8-10)7-9(14)12-5-4-11/h15H,2-3,5-8H2,1H3,(H,12,14). The van der Waals surface area contributed by atoms with Gasteiger partial charge in [-0.2, -0.15) is 5.26 Å². The molecule has 0 aromatic carbocycles. The van der Waals surface area contributed by atoms with Crippen LogP contribution in [0.4, 0.5) is 0 Å². The molecule has 0 saturated carbocycles. The van der Waals surface area contributed by atoms with E-state index in [0.29, 0.717) is 6.54 Å². The number of β-amino-alcohol motifs (C(OH)–C–C–N with tert-alkyl or cyclic N) is 1. The molecule has 0 aromatic heterocycles. The van der Waals surface area contributed by atoms with E-state index in [9.17, 15) is 9.90 Å². The molecule has 15 heavy (non-hydrogen) atoms. The zero-order valence-electron chi connectivity index (χ0n) is 8.99. The predicted molar refractivity (Wildman–Crippen MR) is 54.9 cm³/mol. The Morgan fingerprint density at radius 2 is 2.47 bits per heavy atom. The topological polar surface area (TPSA) is 76.4 Å². The molecule has 5 heteroatoms. The summed E-state index contributed by atoms with van der Waals surface area (Å²) in [6.45, 7) is 3.44. The molecule has 2 N–H and O–H groups in total. The van der Waals surface area contributed by atoms with Gasteiger partial charge in [-0.25, -0.2) is 0 Å². The molecule has 1 saturated heterocycles. The summed E-state index contributed by atoms with van der Waals surface area (Å²) in [7, 11) is 0. The van der Waals surface area contributed by atoms with E-state index < -0.39 is 5.60 Å². The van der Waals surface area contributed by atoms with Gasteiger partial charge in [-0.15, -0.1) is 0 Å². The van der Waals surface area contributed by atoms with Gasteiger partial charge in [0.2, 0.25) is 5.91 Å². The van der Waals surface area contributed by atoms with E-state index in [4.69, 9.17) is 5.26 Å². The predicted octanol–water partition coefficient (Wildman–Crippen LogP) is -0.527. The number of hydrogen-bond acceptors (Lipinski definition) is 4. The van der Waals surface area contributed by atoms with Crippen LogP contribution in [0.15, 0.2) is 0 Å². The molecule has 1 unspecified atom stereocenters. The number of hydrogen-bond donors (Lipinski definition) is 2. The van der Waals surface area contributed by atoms with Crippen LogP contribution in [0.2, 0.25) is 0 Å². The minimum atomic E-state index is -0.687. The Labute approximate surface area is 89.7 Å². The van der Waals surface area contributed by atoms with Gasteiger partial charge in [-0.3, -0.25) is 9.69 Å². The first-order valence-corrected chi connectivity index (χ1v) is 5.12. The van der Waals surface area contributed by atoms with Crippen molar-refractivity contribution in [2.45, 2.75) is 25.4 Å².